The number of pyridine rings is 1. The van der Waals surface area contributed by atoms with Crippen molar-refractivity contribution >= 4 is 12.1 Å². The standard InChI is InChI=1S/C30H43N3O.CO2/c1-20-24(28(34)31-23-12-9-13-23)18-25(33(20)19-21-10-7-6-8-11-21)22-16-26(29(2,3)4)32-27(17-22)30(5)14-15-30;2-1-3/h16-18,21,23H,6-15,19H2,1-5H3,(H,31,34);. The lowest BCUT2D eigenvalue weighted by Gasteiger charge is -2.26. The summed E-state index contributed by atoms with van der Waals surface area (Å²) in [6.07, 6.45) is 12.8. The fourth-order valence-corrected chi connectivity index (χ4v) is 5.61. The Hall–Kier alpha value is -2.72. The predicted molar refractivity (Wildman–Crippen MR) is 144 cm³/mol. The Morgan fingerprint density at radius 3 is 2.24 bits per heavy atom. The van der Waals surface area contributed by atoms with Crippen molar-refractivity contribution in [3.05, 3.63) is 40.8 Å². The summed E-state index contributed by atoms with van der Waals surface area (Å²) in [6, 6.07) is 7.14. The zero-order valence-electron chi connectivity index (χ0n) is 23.3. The highest BCUT2D eigenvalue weighted by molar-refractivity contribution is 5.97. The minimum atomic E-state index is -0.0176. The molecule has 0 bridgehead atoms. The van der Waals surface area contributed by atoms with Crippen molar-refractivity contribution in [3.8, 4) is 11.3 Å². The van der Waals surface area contributed by atoms with E-state index in [1.165, 1.54) is 68.3 Å². The number of rotatable bonds is 6. The summed E-state index contributed by atoms with van der Waals surface area (Å²) < 4.78 is 2.46. The molecular weight excluding hydrogens is 462 g/mol. The maximum atomic E-state index is 13.3. The first-order valence-electron chi connectivity index (χ1n) is 14.1. The van der Waals surface area contributed by atoms with Crippen LogP contribution in [0.15, 0.2) is 18.2 Å². The van der Waals surface area contributed by atoms with Gasteiger partial charge in [0.15, 0.2) is 0 Å². The molecule has 0 spiro atoms. The first-order chi connectivity index (χ1) is 17.6. The van der Waals surface area contributed by atoms with Gasteiger partial charge in [-0.1, -0.05) is 47.0 Å². The van der Waals surface area contributed by atoms with E-state index < -0.39 is 0 Å². The second-order valence-corrected chi connectivity index (χ2v) is 12.8. The lowest BCUT2D eigenvalue weighted by molar-refractivity contribution is -0.191. The second kappa shape index (κ2) is 10.9. The van der Waals surface area contributed by atoms with Crippen LogP contribution in [0, 0.1) is 12.8 Å². The van der Waals surface area contributed by atoms with Gasteiger partial charge in [0.1, 0.15) is 0 Å². The average molecular weight is 506 g/mol. The smallest absolute Gasteiger partial charge is 0.349 e. The number of hydrogen-bond donors (Lipinski definition) is 1. The normalized spacial score (nSPS) is 19.3. The second-order valence-electron chi connectivity index (χ2n) is 12.8. The monoisotopic (exact) mass is 505 g/mol. The van der Waals surface area contributed by atoms with Crippen molar-refractivity contribution in [2.45, 2.75) is 122 Å². The molecule has 3 aliphatic rings. The third kappa shape index (κ3) is 6.23. The third-order valence-electron chi connectivity index (χ3n) is 8.72. The molecular formula is C31H43N3O3. The summed E-state index contributed by atoms with van der Waals surface area (Å²) in [7, 11) is 0. The zero-order valence-corrected chi connectivity index (χ0v) is 23.3. The van der Waals surface area contributed by atoms with Crippen LogP contribution in [0.2, 0.25) is 0 Å². The molecule has 0 unspecified atom stereocenters. The van der Waals surface area contributed by atoms with Crippen molar-refractivity contribution in [1.29, 1.82) is 0 Å². The Morgan fingerprint density at radius 1 is 1.05 bits per heavy atom. The number of carbonyl (C=O) groups excluding carboxylic acids is 3. The molecule has 200 valence electrons. The molecule has 0 aliphatic heterocycles. The van der Waals surface area contributed by atoms with Crippen molar-refractivity contribution < 1.29 is 14.4 Å². The Bertz CT molecular complexity index is 1130. The molecule has 6 nitrogen and oxygen atoms in total. The molecule has 2 heterocycles. The fraction of sp³-hybridized carbons (Fsp3) is 0.645. The van der Waals surface area contributed by atoms with Gasteiger partial charge in [0.05, 0.1) is 5.56 Å². The minimum Gasteiger partial charge on any atom is -0.349 e. The van der Waals surface area contributed by atoms with Gasteiger partial charge in [0, 0.05) is 51.8 Å². The van der Waals surface area contributed by atoms with Gasteiger partial charge in [-0.05, 0) is 76.0 Å². The van der Waals surface area contributed by atoms with Crippen LogP contribution in [0.5, 0.6) is 0 Å². The van der Waals surface area contributed by atoms with Crippen molar-refractivity contribution in [2.24, 2.45) is 5.92 Å². The van der Waals surface area contributed by atoms with E-state index in [9.17, 15) is 4.79 Å². The summed E-state index contributed by atoms with van der Waals surface area (Å²) in [5.74, 6) is 0.802. The Labute approximate surface area is 221 Å². The van der Waals surface area contributed by atoms with E-state index in [-0.39, 0.29) is 22.9 Å². The molecule has 6 heteroatoms. The lowest BCUT2D eigenvalue weighted by Crippen LogP contribution is -2.39. The molecule has 5 rings (SSSR count). The molecule has 1 amide bonds. The van der Waals surface area contributed by atoms with Crippen LogP contribution in [0.3, 0.4) is 0 Å². The largest absolute Gasteiger partial charge is 0.373 e. The SMILES string of the molecule is Cc1c(C(=O)NC2CCC2)cc(-c2cc(C(C)(C)C)nc(C3(C)CC3)c2)n1CC1CCCCC1.O=C=O. The van der Waals surface area contributed by atoms with E-state index in [2.05, 4.69) is 62.7 Å². The quantitative estimate of drug-likeness (QED) is 0.487. The van der Waals surface area contributed by atoms with Crippen molar-refractivity contribution in [1.82, 2.24) is 14.9 Å². The fourth-order valence-electron chi connectivity index (χ4n) is 5.61. The van der Waals surface area contributed by atoms with Gasteiger partial charge < -0.3 is 9.88 Å². The van der Waals surface area contributed by atoms with Gasteiger partial charge in [-0.2, -0.15) is 9.59 Å². The topological polar surface area (TPSA) is 81.1 Å². The number of hydrogen-bond acceptors (Lipinski definition) is 4. The summed E-state index contributed by atoms with van der Waals surface area (Å²) in [5.41, 5.74) is 6.95. The average Bonchev–Trinajstić information content (AvgIpc) is 3.51. The Morgan fingerprint density at radius 2 is 1.70 bits per heavy atom. The van der Waals surface area contributed by atoms with Gasteiger partial charge in [0.2, 0.25) is 0 Å². The van der Waals surface area contributed by atoms with Crippen molar-refractivity contribution in [3.63, 3.8) is 0 Å². The number of amides is 1. The van der Waals surface area contributed by atoms with Gasteiger partial charge in [-0.15, -0.1) is 0 Å². The van der Waals surface area contributed by atoms with Crippen LogP contribution >= 0.6 is 0 Å². The zero-order chi connectivity index (χ0) is 26.8. The van der Waals surface area contributed by atoms with Gasteiger partial charge >= 0.3 is 6.15 Å². The first-order valence-corrected chi connectivity index (χ1v) is 14.1. The van der Waals surface area contributed by atoms with Crippen LogP contribution in [-0.4, -0.2) is 27.7 Å². The maximum absolute atomic E-state index is 13.3. The maximum Gasteiger partial charge on any atom is 0.373 e. The molecule has 3 fully saturated rings. The van der Waals surface area contributed by atoms with Gasteiger partial charge in [-0.3, -0.25) is 9.78 Å². The number of carbonyl (C=O) groups is 1. The molecule has 1 N–H and O–H groups in total. The molecule has 2 aromatic heterocycles. The van der Waals surface area contributed by atoms with Gasteiger partial charge in [-0.25, -0.2) is 0 Å². The molecule has 0 saturated heterocycles. The lowest BCUT2D eigenvalue weighted by atomic mass is 9.88. The van der Waals surface area contributed by atoms with E-state index in [1.807, 2.05) is 0 Å². The van der Waals surface area contributed by atoms with E-state index >= 15 is 0 Å². The number of aromatic nitrogens is 2. The molecule has 3 saturated carbocycles. The number of nitrogens with one attached hydrogen (secondary N) is 1. The van der Waals surface area contributed by atoms with Gasteiger partial charge in [0.25, 0.3) is 5.91 Å². The molecule has 2 aromatic rings. The Kier molecular flexibility index (Phi) is 8.08. The van der Waals surface area contributed by atoms with E-state index in [0.717, 1.165) is 36.3 Å². The van der Waals surface area contributed by atoms with E-state index in [4.69, 9.17) is 14.6 Å². The summed E-state index contributed by atoms with van der Waals surface area (Å²) in [4.78, 5) is 34.7. The van der Waals surface area contributed by atoms with Crippen LogP contribution in [0.4, 0.5) is 0 Å². The molecule has 0 aromatic carbocycles. The van der Waals surface area contributed by atoms with Crippen LogP contribution in [0.1, 0.15) is 119 Å². The highest BCUT2D eigenvalue weighted by atomic mass is 16.2. The highest BCUT2D eigenvalue weighted by Crippen LogP contribution is 2.48. The predicted octanol–water partition coefficient (Wildman–Crippen LogP) is 6.49. The molecule has 37 heavy (non-hydrogen) atoms. The minimum absolute atomic E-state index is 0.0176. The molecule has 0 radical (unpaired) electrons. The van der Waals surface area contributed by atoms with Crippen LogP contribution in [0.25, 0.3) is 11.3 Å². The van der Waals surface area contributed by atoms with E-state index in [1.54, 1.807) is 0 Å². The molecule has 0 atom stereocenters. The molecule has 3 aliphatic carbocycles. The highest BCUT2D eigenvalue weighted by Gasteiger charge is 2.41. The summed E-state index contributed by atoms with van der Waals surface area (Å²) >= 11 is 0. The van der Waals surface area contributed by atoms with Crippen LogP contribution < -0.4 is 5.32 Å². The van der Waals surface area contributed by atoms with Crippen LogP contribution in [-0.2, 0) is 27.0 Å². The number of nitrogens with zero attached hydrogens (tertiary/aromatic N) is 2. The van der Waals surface area contributed by atoms with Crippen molar-refractivity contribution in [2.75, 3.05) is 0 Å². The summed E-state index contributed by atoms with van der Waals surface area (Å²) in [5, 5.41) is 3.29. The van der Waals surface area contributed by atoms with E-state index in [0.29, 0.717) is 12.0 Å². The summed E-state index contributed by atoms with van der Waals surface area (Å²) in [6.45, 7) is 12.3. The third-order valence-corrected chi connectivity index (χ3v) is 8.72. The Balaban J connectivity index is 0.00000102. The first kappa shape index (κ1) is 27.3.